The average Bonchev–Trinajstić information content (AvgIpc) is 2.55. The molecule has 0 saturated heterocycles. The quantitative estimate of drug-likeness (QED) is 0.351. The number of rotatable bonds is 7. The van der Waals surface area contributed by atoms with Crippen LogP contribution >= 0.6 is 15.9 Å². The lowest BCUT2D eigenvalue weighted by Crippen LogP contribution is -2.07. The predicted octanol–water partition coefficient (Wildman–Crippen LogP) is 5.63. The first-order valence-corrected chi connectivity index (χ1v) is 8.15. The third-order valence-corrected chi connectivity index (χ3v) is 3.91. The van der Waals surface area contributed by atoms with Crippen LogP contribution in [0.4, 0.5) is 5.69 Å². The van der Waals surface area contributed by atoms with Crippen molar-refractivity contribution in [3.63, 3.8) is 0 Å². The molecule has 0 unspecified atom stereocenters. The van der Waals surface area contributed by atoms with Crippen LogP contribution in [-0.4, -0.2) is 11.5 Å². The van der Waals surface area contributed by atoms with Crippen molar-refractivity contribution in [1.82, 2.24) is 0 Å². The number of ether oxygens (including phenoxy) is 1. The van der Waals surface area contributed by atoms with Crippen molar-refractivity contribution in [2.24, 2.45) is 0 Å². The molecule has 0 fully saturated rings. The third-order valence-electron chi connectivity index (χ3n) is 3.45. The molecule has 2 aromatic rings. The second-order valence-electron chi connectivity index (χ2n) is 5.47. The molecule has 4 nitrogen and oxygen atoms in total. The van der Waals surface area contributed by atoms with Crippen LogP contribution in [0.3, 0.4) is 0 Å². The minimum Gasteiger partial charge on any atom is -0.482 e. The number of allylic oxidation sites excluding steroid dienone is 1. The van der Waals surface area contributed by atoms with E-state index >= 15 is 0 Å². The number of hydrogen-bond acceptors (Lipinski definition) is 3. The van der Waals surface area contributed by atoms with Gasteiger partial charge in [0.1, 0.15) is 6.61 Å². The fraction of sp³-hybridized carbons (Fsp3) is 0.158. The maximum absolute atomic E-state index is 11.5. The van der Waals surface area contributed by atoms with E-state index in [9.17, 15) is 10.1 Å². The molecule has 0 aliphatic rings. The Labute approximate surface area is 149 Å². The number of hydrogen-bond donors (Lipinski definition) is 0. The lowest BCUT2D eigenvalue weighted by molar-refractivity contribution is -0.386. The molecule has 1 atom stereocenters. The molecule has 124 valence electrons. The zero-order chi connectivity index (χ0) is 17.7. The Hall–Kier alpha value is -2.40. The normalized spacial score (nSPS) is 11.6. The van der Waals surface area contributed by atoms with Gasteiger partial charge in [-0.25, -0.2) is 0 Å². The summed E-state index contributed by atoms with van der Waals surface area (Å²) in [5, 5.41) is 11.5. The molecular formula is C19H18BrNO3. The summed E-state index contributed by atoms with van der Waals surface area (Å²) in [5.41, 5.74) is 2.38. The molecule has 0 aliphatic heterocycles. The molecule has 0 aromatic heterocycles. The minimum absolute atomic E-state index is 0.0802. The molecule has 24 heavy (non-hydrogen) atoms. The van der Waals surface area contributed by atoms with E-state index in [-0.39, 0.29) is 24.0 Å². The van der Waals surface area contributed by atoms with Crippen LogP contribution in [-0.2, 0) is 0 Å². The fourth-order valence-electron chi connectivity index (χ4n) is 2.42. The molecule has 0 amide bonds. The summed E-state index contributed by atoms with van der Waals surface area (Å²) in [7, 11) is 0. The Bertz CT molecular complexity index is 772. The highest BCUT2D eigenvalue weighted by Crippen LogP contribution is 2.41. The van der Waals surface area contributed by atoms with E-state index < -0.39 is 4.92 Å². The lowest BCUT2D eigenvalue weighted by atomic mass is 9.90. The van der Waals surface area contributed by atoms with E-state index in [1.165, 1.54) is 6.07 Å². The van der Waals surface area contributed by atoms with Crippen LogP contribution < -0.4 is 4.74 Å². The van der Waals surface area contributed by atoms with Gasteiger partial charge in [0, 0.05) is 22.0 Å². The van der Waals surface area contributed by atoms with Crippen molar-refractivity contribution in [1.29, 1.82) is 0 Å². The van der Waals surface area contributed by atoms with Crippen molar-refractivity contribution in [2.45, 2.75) is 12.8 Å². The van der Waals surface area contributed by atoms with Gasteiger partial charge in [0.15, 0.2) is 0 Å². The van der Waals surface area contributed by atoms with Gasteiger partial charge >= 0.3 is 5.69 Å². The first-order chi connectivity index (χ1) is 11.4. The fourth-order valence-corrected chi connectivity index (χ4v) is 2.89. The van der Waals surface area contributed by atoms with Crippen LogP contribution in [0.15, 0.2) is 71.7 Å². The molecule has 0 bridgehead atoms. The Morgan fingerprint density at radius 2 is 2.04 bits per heavy atom. The Kier molecular flexibility index (Phi) is 5.93. The smallest absolute Gasteiger partial charge is 0.312 e. The molecule has 0 aliphatic carbocycles. The van der Waals surface area contributed by atoms with Gasteiger partial charge < -0.3 is 4.74 Å². The summed E-state index contributed by atoms with van der Waals surface area (Å²) < 4.78 is 6.36. The van der Waals surface area contributed by atoms with Crippen molar-refractivity contribution in [2.75, 3.05) is 6.61 Å². The summed E-state index contributed by atoms with van der Waals surface area (Å²) in [4.78, 5) is 11.0. The van der Waals surface area contributed by atoms with E-state index in [0.717, 1.165) is 11.1 Å². The topological polar surface area (TPSA) is 52.4 Å². The molecule has 0 spiro atoms. The van der Waals surface area contributed by atoms with Crippen molar-refractivity contribution in [3.05, 3.63) is 93.0 Å². The SMILES string of the molecule is C=C[C@H](c1ccccc1)c1cc(Br)cc([N+](=O)[O-])c1OCC(=C)C. The first-order valence-electron chi connectivity index (χ1n) is 7.36. The standard InChI is InChI=1S/C19H18BrNO3/c1-4-16(14-8-6-5-7-9-14)17-10-15(20)11-18(21(22)23)19(17)24-12-13(2)3/h4-11,16H,1-2,12H2,3H3/t16-/m1/s1. The van der Waals surface area contributed by atoms with Crippen molar-refractivity contribution < 1.29 is 9.66 Å². The lowest BCUT2D eigenvalue weighted by Gasteiger charge is -2.19. The first kappa shape index (κ1) is 17.9. The Morgan fingerprint density at radius 3 is 2.58 bits per heavy atom. The number of nitro groups is 1. The Morgan fingerprint density at radius 1 is 1.38 bits per heavy atom. The van der Waals surface area contributed by atoms with Gasteiger partial charge in [-0.1, -0.05) is 58.9 Å². The average molecular weight is 388 g/mol. The van der Waals surface area contributed by atoms with Crippen LogP contribution in [0.1, 0.15) is 24.0 Å². The highest BCUT2D eigenvalue weighted by atomic mass is 79.9. The van der Waals surface area contributed by atoms with Crippen molar-refractivity contribution >= 4 is 21.6 Å². The van der Waals surface area contributed by atoms with Gasteiger partial charge in [-0.3, -0.25) is 10.1 Å². The van der Waals surface area contributed by atoms with Crippen molar-refractivity contribution in [3.8, 4) is 5.75 Å². The highest BCUT2D eigenvalue weighted by Gasteiger charge is 2.25. The minimum atomic E-state index is -0.437. The molecule has 0 heterocycles. The van der Waals surface area contributed by atoms with E-state index in [1.807, 2.05) is 43.3 Å². The predicted molar refractivity (Wildman–Crippen MR) is 99.6 cm³/mol. The zero-order valence-electron chi connectivity index (χ0n) is 13.4. The van der Waals surface area contributed by atoms with E-state index in [2.05, 4.69) is 29.1 Å². The maximum Gasteiger partial charge on any atom is 0.312 e. The van der Waals surface area contributed by atoms with Crippen LogP contribution in [0, 0.1) is 10.1 Å². The monoisotopic (exact) mass is 387 g/mol. The summed E-state index contributed by atoms with van der Waals surface area (Å²) in [5.74, 6) is 0.0301. The highest BCUT2D eigenvalue weighted by molar-refractivity contribution is 9.10. The molecule has 2 aromatic carbocycles. The maximum atomic E-state index is 11.5. The van der Waals surface area contributed by atoms with Gasteiger partial charge in [-0.2, -0.15) is 0 Å². The molecule has 5 heteroatoms. The van der Waals surface area contributed by atoms with Gasteiger partial charge in [0.2, 0.25) is 5.75 Å². The molecule has 0 N–H and O–H groups in total. The summed E-state index contributed by atoms with van der Waals surface area (Å²) in [6, 6.07) is 13.0. The molecular weight excluding hydrogens is 370 g/mol. The van der Waals surface area contributed by atoms with E-state index in [4.69, 9.17) is 4.74 Å². The van der Waals surface area contributed by atoms with E-state index in [0.29, 0.717) is 10.0 Å². The summed E-state index contributed by atoms with van der Waals surface area (Å²) in [6.45, 7) is 9.72. The van der Waals surface area contributed by atoms with E-state index in [1.54, 1.807) is 6.08 Å². The Balaban J connectivity index is 2.63. The number of nitrogens with zero attached hydrogens (tertiary/aromatic N) is 1. The molecule has 0 radical (unpaired) electrons. The number of benzene rings is 2. The summed E-state index contributed by atoms with van der Waals surface area (Å²) >= 11 is 3.35. The second-order valence-corrected chi connectivity index (χ2v) is 6.39. The second kappa shape index (κ2) is 7.93. The third kappa shape index (κ3) is 4.11. The van der Waals surface area contributed by atoms with Gasteiger partial charge in [0.05, 0.1) is 4.92 Å². The van der Waals surface area contributed by atoms with Crippen LogP contribution in [0.2, 0.25) is 0 Å². The largest absolute Gasteiger partial charge is 0.482 e. The number of halogens is 1. The van der Waals surface area contributed by atoms with Gasteiger partial charge in [0.25, 0.3) is 0 Å². The molecule has 0 saturated carbocycles. The molecule has 2 rings (SSSR count). The zero-order valence-corrected chi connectivity index (χ0v) is 15.0. The van der Waals surface area contributed by atoms with Crippen LogP contribution in [0.25, 0.3) is 0 Å². The number of nitro benzene ring substituents is 1. The summed E-state index contributed by atoms with van der Waals surface area (Å²) in [6.07, 6.45) is 1.76. The van der Waals surface area contributed by atoms with Crippen LogP contribution in [0.5, 0.6) is 5.75 Å². The van der Waals surface area contributed by atoms with Gasteiger partial charge in [-0.15, -0.1) is 6.58 Å². The van der Waals surface area contributed by atoms with Gasteiger partial charge in [-0.05, 0) is 24.1 Å².